The van der Waals surface area contributed by atoms with E-state index in [1.165, 1.54) is 45.3 Å². The molecule has 0 spiro atoms. The van der Waals surface area contributed by atoms with Gasteiger partial charge in [0, 0.05) is 17.6 Å². The van der Waals surface area contributed by atoms with E-state index in [0.29, 0.717) is 6.04 Å². The molecule has 0 radical (unpaired) electrons. The minimum atomic E-state index is -0.0977. The van der Waals surface area contributed by atoms with Gasteiger partial charge < -0.3 is 20.2 Å². The van der Waals surface area contributed by atoms with Gasteiger partial charge >= 0.3 is 0 Å². The lowest BCUT2D eigenvalue weighted by atomic mass is 9.97. The second kappa shape index (κ2) is 7.21. The largest absolute Gasteiger partial charge is 0.394 e. The van der Waals surface area contributed by atoms with Crippen molar-refractivity contribution in [3.05, 3.63) is 0 Å². The van der Waals surface area contributed by atoms with Crippen molar-refractivity contribution in [3.8, 4) is 0 Å². The minimum absolute atomic E-state index is 0.0977. The summed E-state index contributed by atoms with van der Waals surface area (Å²) in [5.74, 6) is 0. The fraction of sp³-hybridized carbons (Fsp3) is 1.00. The molecule has 2 aliphatic rings. The van der Waals surface area contributed by atoms with E-state index in [9.17, 15) is 5.11 Å². The van der Waals surface area contributed by atoms with Crippen LogP contribution in [-0.4, -0.2) is 72.4 Å². The van der Waals surface area contributed by atoms with Crippen molar-refractivity contribution in [2.45, 2.75) is 63.6 Å². The summed E-state index contributed by atoms with van der Waals surface area (Å²) in [6, 6.07) is 1.38. The molecule has 1 atom stereocenters. The summed E-state index contributed by atoms with van der Waals surface area (Å²) in [6.45, 7) is 9.40. The predicted molar refractivity (Wildman–Crippen MR) is 84.0 cm³/mol. The van der Waals surface area contributed by atoms with Crippen molar-refractivity contribution in [3.63, 3.8) is 0 Å². The molecular weight excluding hydrogens is 250 g/mol. The minimum Gasteiger partial charge on any atom is -0.394 e. The van der Waals surface area contributed by atoms with Gasteiger partial charge in [-0.15, -0.1) is 0 Å². The molecule has 1 aliphatic carbocycles. The molecule has 2 N–H and O–H groups in total. The number of rotatable bonds is 8. The van der Waals surface area contributed by atoms with Crippen molar-refractivity contribution in [1.82, 2.24) is 15.1 Å². The SMILES string of the molecule is CCN1CCC(N(C)CCC(C)(CO)NC2CC2)CC1. The molecule has 0 bridgehead atoms. The molecule has 0 aromatic heterocycles. The molecular formula is C16H33N3O. The van der Waals surface area contributed by atoms with Crippen LogP contribution in [0.4, 0.5) is 0 Å². The van der Waals surface area contributed by atoms with Crippen LogP contribution in [0.5, 0.6) is 0 Å². The molecule has 4 nitrogen and oxygen atoms in total. The first kappa shape index (κ1) is 16.2. The van der Waals surface area contributed by atoms with Crippen LogP contribution in [0.25, 0.3) is 0 Å². The predicted octanol–water partition coefficient (Wildman–Crippen LogP) is 1.30. The monoisotopic (exact) mass is 283 g/mol. The lowest BCUT2D eigenvalue weighted by molar-refractivity contribution is 0.107. The maximum absolute atomic E-state index is 9.66. The number of aliphatic hydroxyl groups excluding tert-OH is 1. The van der Waals surface area contributed by atoms with Gasteiger partial charge in [0.05, 0.1) is 6.61 Å². The number of hydrogen-bond donors (Lipinski definition) is 2. The lowest BCUT2D eigenvalue weighted by Gasteiger charge is -2.38. The average molecular weight is 283 g/mol. The van der Waals surface area contributed by atoms with E-state index in [2.05, 4.69) is 36.0 Å². The van der Waals surface area contributed by atoms with Gasteiger partial charge in [-0.05, 0) is 72.3 Å². The highest BCUT2D eigenvalue weighted by atomic mass is 16.3. The summed E-state index contributed by atoms with van der Waals surface area (Å²) in [4.78, 5) is 5.05. The lowest BCUT2D eigenvalue weighted by Crippen LogP contribution is -2.50. The molecule has 0 aromatic rings. The summed E-state index contributed by atoms with van der Waals surface area (Å²) in [7, 11) is 2.25. The molecule has 0 aromatic carbocycles. The maximum Gasteiger partial charge on any atom is 0.0611 e. The van der Waals surface area contributed by atoms with Crippen LogP contribution < -0.4 is 5.32 Å². The number of likely N-dealkylation sites (tertiary alicyclic amines) is 1. The van der Waals surface area contributed by atoms with Crippen LogP contribution in [0.1, 0.15) is 46.0 Å². The molecule has 1 unspecified atom stereocenters. The highest BCUT2D eigenvalue weighted by molar-refractivity contribution is 4.93. The molecule has 1 saturated heterocycles. The third kappa shape index (κ3) is 4.69. The van der Waals surface area contributed by atoms with E-state index in [4.69, 9.17) is 0 Å². The first-order chi connectivity index (χ1) is 9.56. The molecule has 1 heterocycles. The Balaban J connectivity index is 1.71. The van der Waals surface area contributed by atoms with Crippen molar-refractivity contribution in [2.75, 3.05) is 39.8 Å². The molecule has 1 saturated carbocycles. The Kier molecular flexibility index (Phi) is 5.84. The smallest absolute Gasteiger partial charge is 0.0611 e. The molecule has 2 rings (SSSR count). The molecule has 0 amide bonds. The highest BCUT2D eigenvalue weighted by Gasteiger charge is 2.32. The van der Waals surface area contributed by atoms with Crippen molar-refractivity contribution < 1.29 is 5.11 Å². The van der Waals surface area contributed by atoms with Crippen molar-refractivity contribution in [2.24, 2.45) is 0 Å². The molecule has 1 aliphatic heterocycles. The first-order valence-corrected chi connectivity index (χ1v) is 8.37. The fourth-order valence-corrected chi connectivity index (χ4v) is 3.20. The zero-order valence-electron chi connectivity index (χ0n) is 13.6. The Bertz CT molecular complexity index is 287. The number of hydrogen-bond acceptors (Lipinski definition) is 4. The average Bonchev–Trinajstić information content (AvgIpc) is 3.28. The molecule has 118 valence electrons. The standard InChI is InChI=1S/C16H33N3O/c1-4-19-10-7-15(8-11-19)18(3)12-9-16(2,13-20)17-14-5-6-14/h14-15,17,20H,4-13H2,1-3H3. The quantitative estimate of drug-likeness (QED) is 0.704. The Morgan fingerprint density at radius 3 is 2.40 bits per heavy atom. The fourth-order valence-electron chi connectivity index (χ4n) is 3.20. The number of nitrogens with one attached hydrogen (secondary N) is 1. The zero-order chi connectivity index (χ0) is 14.6. The van der Waals surface area contributed by atoms with E-state index >= 15 is 0 Å². The molecule has 20 heavy (non-hydrogen) atoms. The third-order valence-electron chi connectivity index (χ3n) is 5.12. The summed E-state index contributed by atoms with van der Waals surface area (Å²) in [6.07, 6.45) is 6.17. The van der Waals surface area contributed by atoms with E-state index in [0.717, 1.165) is 19.0 Å². The van der Waals surface area contributed by atoms with Crippen LogP contribution in [0.15, 0.2) is 0 Å². The van der Waals surface area contributed by atoms with Crippen LogP contribution in [0.2, 0.25) is 0 Å². The number of nitrogens with zero attached hydrogens (tertiary/aromatic N) is 2. The summed E-state index contributed by atoms with van der Waals surface area (Å²) in [5.41, 5.74) is -0.0977. The van der Waals surface area contributed by atoms with Gasteiger partial charge in [-0.25, -0.2) is 0 Å². The summed E-state index contributed by atoms with van der Waals surface area (Å²) in [5, 5.41) is 13.3. The molecule has 4 heteroatoms. The van der Waals surface area contributed by atoms with Gasteiger partial charge in [0.25, 0.3) is 0 Å². The first-order valence-electron chi connectivity index (χ1n) is 8.37. The van der Waals surface area contributed by atoms with Gasteiger partial charge in [-0.1, -0.05) is 6.92 Å². The van der Waals surface area contributed by atoms with Crippen LogP contribution >= 0.6 is 0 Å². The second-order valence-electron chi connectivity index (χ2n) is 7.03. The van der Waals surface area contributed by atoms with Gasteiger partial charge in [0.2, 0.25) is 0 Å². The molecule has 2 fully saturated rings. The Hall–Kier alpha value is -0.160. The van der Waals surface area contributed by atoms with Crippen LogP contribution in [0.3, 0.4) is 0 Å². The normalized spacial score (nSPS) is 25.1. The number of aliphatic hydroxyl groups is 1. The Morgan fingerprint density at radius 1 is 1.25 bits per heavy atom. The van der Waals surface area contributed by atoms with Crippen LogP contribution in [0, 0.1) is 0 Å². The van der Waals surface area contributed by atoms with E-state index in [-0.39, 0.29) is 12.1 Å². The summed E-state index contributed by atoms with van der Waals surface area (Å²) < 4.78 is 0. The van der Waals surface area contributed by atoms with Crippen molar-refractivity contribution >= 4 is 0 Å². The van der Waals surface area contributed by atoms with E-state index in [1.54, 1.807) is 0 Å². The van der Waals surface area contributed by atoms with Gasteiger partial charge in [-0.2, -0.15) is 0 Å². The summed E-state index contributed by atoms with van der Waals surface area (Å²) >= 11 is 0. The van der Waals surface area contributed by atoms with Crippen molar-refractivity contribution in [1.29, 1.82) is 0 Å². The van der Waals surface area contributed by atoms with Gasteiger partial charge in [0.1, 0.15) is 0 Å². The van der Waals surface area contributed by atoms with E-state index in [1.807, 2.05) is 0 Å². The second-order valence-corrected chi connectivity index (χ2v) is 7.03. The maximum atomic E-state index is 9.66. The highest BCUT2D eigenvalue weighted by Crippen LogP contribution is 2.24. The zero-order valence-corrected chi connectivity index (χ0v) is 13.6. The number of piperidine rings is 1. The van der Waals surface area contributed by atoms with Gasteiger partial charge in [0.15, 0.2) is 0 Å². The topological polar surface area (TPSA) is 38.7 Å². The third-order valence-corrected chi connectivity index (χ3v) is 5.12. The van der Waals surface area contributed by atoms with Gasteiger partial charge in [-0.3, -0.25) is 0 Å². The van der Waals surface area contributed by atoms with E-state index < -0.39 is 0 Å². The Morgan fingerprint density at radius 2 is 1.90 bits per heavy atom. The Labute approximate surface area is 124 Å². The van der Waals surface area contributed by atoms with Crippen LogP contribution in [-0.2, 0) is 0 Å².